The van der Waals surface area contributed by atoms with Crippen LogP contribution < -0.4 is 0 Å². The van der Waals surface area contributed by atoms with E-state index in [1.165, 1.54) is 51.4 Å². The molecule has 6 nitrogen and oxygen atoms in total. The van der Waals surface area contributed by atoms with E-state index in [0.29, 0.717) is 6.04 Å². The average Bonchev–Trinajstić information content (AvgIpc) is 3.28. The molecule has 0 aliphatic carbocycles. The topological polar surface area (TPSA) is 87.4 Å². The van der Waals surface area contributed by atoms with Gasteiger partial charge in [-0.05, 0) is 107 Å². The molecule has 0 bridgehead atoms. The second-order valence-corrected chi connectivity index (χ2v) is 10.0. The molecule has 0 unspecified atom stereocenters. The Morgan fingerprint density at radius 2 is 1.38 bits per heavy atom. The van der Waals surface area contributed by atoms with Gasteiger partial charge in [0.15, 0.2) is 23.0 Å². The van der Waals surface area contributed by atoms with Gasteiger partial charge in [-0.1, -0.05) is 38.3 Å². The molecule has 1 fully saturated rings. The van der Waals surface area contributed by atoms with E-state index in [2.05, 4.69) is 16.7 Å². The number of phenols is 4. The zero-order valence-electron chi connectivity index (χ0n) is 22.1. The Morgan fingerprint density at radius 3 is 2.05 bits per heavy atom. The van der Waals surface area contributed by atoms with Crippen LogP contribution in [0.2, 0.25) is 0 Å². The fourth-order valence-corrected chi connectivity index (χ4v) is 5.12. The highest BCUT2D eigenvalue weighted by Gasteiger charge is 2.24. The van der Waals surface area contributed by atoms with Gasteiger partial charge < -0.3 is 30.2 Å². The predicted molar refractivity (Wildman–Crippen MR) is 162 cm³/mol. The van der Waals surface area contributed by atoms with Gasteiger partial charge in [0, 0.05) is 12.6 Å². The first kappa shape index (κ1) is 33.5. The molecule has 0 radical (unpaired) electrons. The number of halogens is 2. The number of nitrogens with zero attached hydrogens (tertiary/aromatic N) is 2. The molecule has 1 aliphatic rings. The van der Waals surface area contributed by atoms with E-state index in [9.17, 15) is 20.4 Å². The molecule has 1 heterocycles. The van der Waals surface area contributed by atoms with Crippen molar-refractivity contribution in [1.29, 1.82) is 0 Å². The molecule has 210 valence electrons. The first-order valence-electron chi connectivity index (χ1n) is 13.4. The molecule has 3 rings (SSSR count). The van der Waals surface area contributed by atoms with Crippen molar-refractivity contribution in [2.75, 3.05) is 32.7 Å². The van der Waals surface area contributed by atoms with Crippen molar-refractivity contribution in [3.63, 3.8) is 0 Å². The molecule has 37 heavy (non-hydrogen) atoms. The molecule has 0 aromatic heterocycles. The van der Waals surface area contributed by atoms with Crippen molar-refractivity contribution in [3.05, 3.63) is 47.5 Å². The molecule has 8 heteroatoms. The third-order valence-corrected chi connectivity index (χ3v) is 7.26. The number of hydrogen-bond acceptors (Lipinski definition) is 6. The van der Waals surface area contributed by atoms with Crippen LogP contribution in [0.5, 0.6) is 23.0 Å². The van der Waals surface area contributed by atoms with E-state index < -0.39 is 0 Å². The third kappa shape index (κ3) is 11.4. The molecule has 0 amide bonds. The molecule has 1 atom stereocenters. The Kier molecular flexibility index (Phi) is 16.3. The molecular formula is C29H46Br2N2O4. The minimum Gasteiger partial charge on any atom is -0.504 e. The Morgan fingerprint density at radius 1 is 0.757 bits per heavy atom. The highest BCUT2D eigenvalue weighted by molar-refractivity contribution is 8.93. The van der Waals surface area contributed by atoms with E-state index in [-0.39, 0.29) is 57.0 Å². The van der Waals surface area contributed by atoms with Crippen molar-refractivity contribution in [3.8, 4) is 23.0 Å². The maximum atomic E-state index is 9.78. The normalized spacial score (nSPS) is 15.5. The molecule has 0 saturated carbocycles. The smallest absolute Gasteiger partial charge is 0.157 e. The minimum atomic E-state index is -0.0588. The first-order valence-corrected chi connectivity index (χ1v) is 13.4. The van der Waals surface area contributed by atoms with Crippen LogP contribution in [0, 0.1) is 0 Å². The fraction of sp³-hybridized carbons (Fsp3) is 0.586. The predicted octanol–water partition coefficient (Wildman–Crippen LogP) is 6.58. The number of rotatable bonds is 15. The number of aromatic hydroxyl groups is 4. The van der Waals surface area contributed by atoms with Crippen LogP contribution in [0.1, 0.15) is 69.4 Å². The number of unbranched alkanes of at least 4 members (excludes halogenated alkanes) is 4. The van der Waals surface area contributed by atoms with Crippen LogP contribution in [0.25, 0.3) is 0 Å². The number of phenolic OH excluding ortho intramolecular Hbond substituents is 4. The maximum Gasteiger partial charge on any atom is 0.157 e. The summed E-state index contributed by atoms with van der Waals surface area (Å²) in [6.07, 6.45) is 11.6. The Balaban J connectivity index is 0.00000342. The zero-order valence-corrected chi connectivity index (χ0v) is 25.6. The van der Waals surface area contributed by atoms with Gasteiger partial charge in [0.2, 0.25) is 0 Å². The monoisotopic (exact) mass is 644 g/mol. The number of benzene rings is 2. The van der Waals surface area contributed by atoms with Crippen LogP contribution in [-0.2, 0) is 12.8 Å². The maximum absolute atomic E-state index is 9.78. The van der Waals surface area contributed by atoms with Crippen molar-refractivity contribution in [2.24, 2.45) is 0 Å². The van der Waals surface area contributed by atoms with Crippen molar-refractivity contribution >= 4 is 34.0 Å². The highest BCUT2D eigenvalue weighted by Crippen LogP contribution is 2.28. The van der Waals surface area contributed by atoms with Gasteiger partial charge in [0.25, 0.3) is 0 Å². The summed E-state index contributed by atoms with van der Waals surface area (Å²) in [7, 11) is 0. The van der Waals surface area contributed by atoms with E-state index in [4.69, 9.17) is 0 Å². The third-order valence-electron chi connectivity index (χ3n) is 7.26. The Bertz CT molecular complexity index is 915. The van der Waals surface area contributed by atoms with E-state index in [0.717, 1.165) is 56.7 Å². The number of likely N-dealkylation sites (tertiary alicyclic amines) is 1. The van der Waals surface area contributed by atoms with Crippen molar-refractivity contribution in [1.82, 2.24) is 9.80 Å². The lowest BCUT2D eigenvalue weighted by Gasteiger charge is -2.25. The standard InChI is InChI=1S/C29H44N2O4.2BrH/c1-2-3-15-30(19-14-23-10-12-26(32)28(34)21-23)16-6-4-5-7-17-31-18-8-9-25(31)20-24-11-13-27(33)29(35)22-24;;/h10-13,21-22,25,32-35H,2-9,14-20H2,1H3;2*1H/t25-;;/m1../s1. The van der Waals surface area contributed by atoms with Crippen LogP contribution >= 0.6 is 34.0 Å². The van der Waals surface area contributed by atoms with E-state index in [1.807, 2.05) is 12.1 Å². The van der Waals surface area contributed by atoms with E-state index >= 15 is 0 Å². The second-order valence-electron chi connectivity index (χ2n) is 10.0. The van der Waals surface area contributed by atoms with Crippen LogP contribution in [0.4, 0.5) is 0 Å². The summed E-state index contributed by atoms with van der Waals surface area (Å²) < 4.78 is 0. The SMILES string of the molecule is Br.Br.CCCCN(CCCCCCN1CCC[C@@H]1Cc1ccc(O)c(O)c1)CCc1ccc(O)c(O)c1. The van der Waals surface area contributed by atoms with E-state index in [1.54, 1.807) is 24.3 Å². The Hall–Kier alpha value is -1.48. The van der Waals surface area contributed by atoms with Crippen LogP contribution in [-0.4, -0.2) is 69.0 Å². The minimum absolute atomic E-state index is 0. The molecule has 1 saturated heterocycles. The molecule has 0 spiro atoms. The molecule has 1 aliphatic heterocycles. The largest absolute Gasteiger partial charge is 0.504 e. The van der Waals surface area contributed by atoms with Gasteiger partial charge in [0.1, 0.15) is 0 Å². The summed E-state index contributed by atoms with van der Waals surface area (Å²) in [5, 5.41) is 38.6. The van der Waals surface area contributed by atoms with Crippen molar-refractivity contribution in [2.45, 2.75) is 77.2 Å². The summed E-state index contributed by atoms with van der Waals surface area (Å²) in [5.41, 5.74) is 2.15. The lowest BCUT2D eigenvalue weighted by molar-refractivity contribution is 0.242. The summed E-state index contributed by atoms with van der Waals surface area (Å²) in [5.74, 6) is -0.174. The average molecular weight is 647 g/mol. The summed E-state index contributed by atoms with van der Waals surface area (Å²) in [4.78, 5) is 5.14. The van der Waals surface area contributed by atoms with Crippen LogP contribution in [0.3, 0.4) is 0 Å². The first-order chi connectivity index (χ1) is 17.0. The van der Waals surface area contributed by atoms with Crippen molar-refractivity contribution < 1.29 is 20.4 Å². The number of hydrogen-bond donors (Lipinski definition) is 4. The lowest BCUT2D eigenvalue weighted by atomic mass is 10.0. The van der Waals surface area contributed by atoms with Gasteiger partial charge >= 0.3 is 0 Å². The quantitative estimate of drug-likeness (QED) is 0.129. The van der Waals surface area contributed by atoms with Crippen LogP contribution in [0.15, 0.2) is 36.4 Å². The molecule has 2 aromatic rings. The second kappa shape index (κ2) is 17.9. The Labute approximate surface area is 243 Å². The molecule has 2 aromatic carbocycles. The lowest BCUT2D eigenvalue weighted by Crippen LogP contribution is -2.32. The van der Waals surface area contributed by atoms with Gasteiger partial charge in [-0.3, -0.25) is 0 Å². The zero-order chi connectivity index (χ0) is 25.0. The van der Waals surface area contributed by atoms with Gasteiger partial charge in [-0.25, -0.2) is 0 Å². The highest BCUT2D eigenvalue weighted by atomic mass is 79.9. The van der Waals surface area contributed by atoms with Gasteiger partial charge in [-0.2, -0.15) is 0 Å². The van der Waals surface area contributed by atoms with Gasteiger partial charge in [0.05, 0.1) is 0 Å². The fourth-order valence-electron chi connectivity index (χ4n) is 5.12. The van der Waals surface area contributed by atoms with Gasteiger partial charge in [-0.15, -0.1) is 34.0 Å². The summed E-state index contributed by atoms with van der Waals surface area (Å²) >= 11 is 0. The summed E-state index contributed by atoms with van der Waals surface area (Å²) in [6, 6.07) is 10.9. The summed E-state index contributed by atoms with van der Waals surface area (Å²) in [6.45, 7) is 7.73. The molecular weight excluding hydrogens is 600 g/mol. The molecule has 4 N–H and O–H groups in total.